The molecule has 6 rings (SSSR count). The second-order valence-electron chi connectivity index (χ2n) is 12.0. The molecule has 0 aromatic heterocycles. The van der Waals surface area contributed by atoms with Crippen LogP contribution in [0, 0.1) is 11.3 Å². The lowest BCUT2D eigenvalue weighted by molar-refractivity contribution is -0.343. The van der Waals surface area contributed by atoms with Crippen LogP contribution in [0.3, 0.4) is 0 Å². The van der Waals surface area contributed by atoms with Gasteiger partial charge in [0.05, 0.1) is 16.6 Å². The zero-order valence-electron chi connectivity index (χ0n) is 20.3. The molecule has 6 heteroatoms. The summed E-state index contributed by atoms with van der Waals surface area (Å²) in [7, 11) is 0. The van der Waals surface area contributed by atoms with Crippen LogP contribution in [0.5, 0.6) is 0 Å². The highest BCUT2D eigenvalue weighted by atomic mass is 16.7. The van der Waals surface area contributed by atoms with Gasteiger partial charge in [-0.15, -0.1) is 0 Å². The van der Waals surface area contributed by atoms with Crippen LogP contribution in [0.2, 0.25) is 0 Å². The number of hydrogen-bond donors (Lipinski definition) is 0. The Hall–Kier alpha value is -0.690. The summed E-state index contributed by atoms with van der Waals surface area (Å²) in [6, 6.07) is 0. The van der Waals surface area contributed by atoms with Gasteiger partial charge in [0.2, 0.25) is 0 Å². The molecule has 0 amide bonds. The molecule has 6 aliphatic rings. The van der Waals surface area contributed by atoms with Gasteiger partial charge in [0.25, 0.3) is 0 Å². The number of hydrogen-bond acceptors (Lipinski definition) is 6. The van der Waals surface area contributed by atoms with Gasteiger partial charge in [-0.3, -0.25) is 4.79 Å². The van der Waals surface area contributed by atoms with Crippen LogP contribution in [0.25, 0.3) is 0 Å². The first-order valence-electron chi connectivity index (χ1n) is 13.1. The smallest absolute Gasteiger partial charge is 0.312 e. The topological polar surface area (TPSA) is 63.2 Å². The molecule has 6 fully saturated rings. The standard InChI is InChI=1S/C26H42O6/c1-4-23(2,3)22(27)32-26-15-19-13-24(17-26,30-20-9-5-7-11-28-20)16-25(14-19,18-26)31-21-10-6-8-12-29-21/h19-21H,4-18H2,1-3H3. The van der Waals surface area contributed by atoms with E-state index in [4.69, 9.17) is 23.7 Å². The van der Waals surface area contributed by atoms with Crippen molar-refractivity contribution < 1.29 is 28.5 Å². The van der Waals surface area contributed by atoms with Gasteiger partial charge >= 0.3 is 5.97 Å². The van der Waals surface area contributed by atoms with E-state index in [2.05, 4.69) is 6.92 Å². The Balaban J connectivity index is 1.41. The SMILES string of the molecule is CCC(C)(C)C(=O)OC12CC3CC(OC4CCCCO4)(C1)CC(OC1CCCCO1)(C3)C2. The van der Waals surface area contributed by atoms with Crippen molar-refractivity contribution in [3.8, 4) is 0 Å². The molecular formula is C26H42O6. The lowest BCUT2D eigenvalue weighted by atomic mass is 9.50. The minimum absolute atomic E-state index is 0.0879. The van der Waals surface area contributed by atoms with Crippen molar-refractivity contribution in [1.29, 1.82) is 0 Å². The molecule has 2 heterocycles. The van der Waals surface area contributed by atoms with Crippen LogP contribution in [-0.4, -0.2) is 48.6 Å². The number of carbonyl (C=O) groups excluding carboxylic acids is 1. The van der Waals surface area contributed by atoms with E-state index >= 15 is 0 Å². The molecule has 182 valence electrons. The van der Waals surface area contributed by atoms with E-state index < -0.39 is 11.0 Å². The van der Waals surface area contributed by atoms with Crippen LogP contribution in [-0.2, 0) is 28.5 Å². The van der Waals surface area contributed by atoms with Gasteiger partial charge in [0, 0.05) is 32.5 Å². The fraction of sp³-hybridized carbons (Fsp3) is 0.962. The van der Waals surface area contributed by atoms with Gasteiger partial charge in [-0.05, 0) is 84.0 Å². The molecule has 0 N–H and O–H groups in total. The van der Waals surface area contributed by atoms with Crippen LogP contribution < -0.4 is 0 Å². The average Bonchev–Trinajstić information content (AvgIpc) is 2.73. The summed E-state index contributed by atoms with van der Waals surface area (Å²) in [4.78, 5) is 13.2. The number of carbonyl (C=O) groups is 1. The van der Waals surface area contributed by atoms with Crippen molar-refractivity contribution in [3.05, 3.63) is 0 Å². The summed E-state index contributed by atoms with van der Waals surface area (Å²) in [6.45, 7) is 7.57. The van der Waals surface area contributed by atoms with Gasteiger partial charge in [-0.2, -0.15) is 0 Å². The maximum Gasteiger partial charge on any atom is 0.312 e. The molecule has 4 aliphatic carbocycles. The summed E-state index contributed by atoms with van der Waals surface area (Å²) in [5, 5.41) is 0. The molecule has 0 aromatic rings. The molecule has 2 saturated heterocycles. The predicted molar refractivity (Wildman–Crippen MR) is 119 cm³/mol. The Labute approximate surface area is 193 Å². The summed E-state index contributed by atoms with van der Waals surface area (Å²) in [6.07, 6.45) is 12.2. The first-order valence-corrected chi connectivity index (χ1v) is 13.1. The third-order valence-corrected chi connectivity index (χ3v) is 8.70. The zero-order valence-corrected chi connectivity index (χ0v) is 20.3. The van der Waals surface area contributed by atoms with Gasteiger partial charge in [0.15, 0.2) is 12.6 Å². The van der Waals surface area contributed by atoms with E-state index in [-0.39, 0.29) is 29.8 Å². The summed E-state index contributed by atoms with van der Waals surface area (Å²) in [5.74, 6) is 0.353. The predicted octanol–water partition coefficient (Wildman–Crippen LogP) is 5.27. The molecule has 2 aliphatic heterocycles. The Morgan fingerprint density at radius 3 is 1.81 bits per heavy atom. The first kappa shape index (κ1) is 23.1. The number of ether oxygens (including phenoxy) is 5. The van der Waals surface area contributed by atoms with Crippen molar-refractivity contribution in [1.82, 2.24) is 0 Å². The highest BCUT2D eigenvalue weighted by molar-refractivity contribution is 5.76. The van der Waals surface area contributed by atoms with Gasteiger partial charge in [0.1, 0.15) is 5.60 Å². The van der Waals surface area contributed by atoms with E-state index in [0.29, 0.717) is 5.92 Å². The van der Waals surface area contributed by atoms with Crippen molar-refractivity contribution in [2.45, 2.75) is 134 Å². The molecule has 0 aromatic carbocycles. The van der Waals surface area contributed by atoms with Gasteiger partial charge in [-0.25, -0.2) is 0 Å². The van der Waals surface area contributed by atoms with E-state index in [9.17, 15) is 4.79 Å². The van der Waals surface area contributed by atoms with E-state index in [1.165, 1.54) is 0 Å². The lowest BCUT2D eigenvalue weighted by Gasteiger charge is -2.65. The lowest BCUT2D eigenvalue weighted by Crippen LogP contribution is -2.69. The van der Waals surface area contributed by atoms with Crippen LogP contribution >= 0.6 is 0 Å². The van der Waals surface area contributed by atoms with E-state index in [1.54, 1.807) is 0 Å². The number of rotatable bonds is 7. The van der Waals surface area contributed by atoms with Crippen molar-refractivity contribution >= 4 is 5.97 Å². The first-order chi connectivity index (χ1) is 15.3. The molecule has 4 unspecified atom stereocenters. The van der Waals surface area contributed by atoms with Crippen molar-refractivity contribution in [3.63, 3.8) is 0 Å². The quantitative estimate of drug-likeness (QED) is 0.493. The minimum atomic E-state index is -0.508. The van der Waals surface area contributed by atoms with Crippen LogP contribution in [0.4, 0.5) is 0 Å². The Morgan fingerprint density at radius 2 is 1.34 bits per heavy atom. The maximum absolute atomic E-state index is 13.2. The monoisotopic (exact) mass is 450 g/mol. The number of esters is 1. The molecule has 4 bridgehead atoms. The van der Waals surface area contributed by atoms with Crippen molar-refractivity contribution in [2.75, 3.05) is 13.2 Å². The summed E-state index contributed by atoms with van der Waals surface area (Å²) < 4.78 is 32.0. The molecule has 4 atom stereocenters. The maximum atomic E-state index is 13.2. The second kappa shape index (κ2) is 8.51. The molecule has 32 heavy (non-hydrogen) atoms. The van der Waals surface area contributed by atoms with Gasteiger partial charge in [-0.1, -0.05) is 6.92 Å². The highest BCUT2D eigenvalue weighted by Gasteiger charge is 2.67. The van der Waals surface area contributed by atoms with Crippen LogP contribution in [0.15, 0.2) is 0 Å². The van der Waals surface area contributed by atoms with Crippen molar-refractivity contribution in [2.24, 2.45) is 11.3 Å². The van der Waals surface area contributed by atoms with E-state index in [1.807, 2.05) is 13.8 Å². The highest BCUT2D eigenvalue weighted by Crippen LogP contribution is 2.64. The van der Waals surface area contributed by atoms with Gasteiger partial charge < -0.3 is 23.7 Å². The minimum Gasteiger partial charge on any atom is -0.458 e. The molecular weight excluding hydrogens is 408 g/mol. The fourth-order valence-electron chi connectivity index (χ4n) is 7.20. The summed E-state index contributed by atoms with van der Waals surface area (Å²) >= 11 is 0. The van der Waals surface area contributed by atoms with E-state index in [0.717, 1.165) is 96.7 Å². The third kappa shape index (κ3) is 4.49. The largest absolute Gasteiger partial charge is 0.458 e. The molecule has 4 saturated carbocycles. The Morgan fingerprint density at radius 1 is 0.844 bits per heavy atom. The van der Waals surface area contributed by atoms with Crippen LogP contribution in [0.1, 0.15) is 104 Å². The molecule has 0 radical (unpaired) electrons. The average molecular weight is 451 g/mol. The molecule has 6 nitrogen and oxygen atoms in total. The summed E-state index contributed by atoms with van der Waals surface area (Å²) in [5.41, 5.74) is -1.67. The third-order valence-electron chi connectivity index (χ3n) is 8.70. The fourth-order valence-corrected chi connectivity index (χ4v) is 7.20. The molecule has 0 spiro atoms. The Bertz CT molecular complexity index is 656. The second-order valence-corrected chi connectivity index (χ2v) is 12.0. The Kier molecular flexibility index (Phi) is 6.14. The normalized spacial score (nSPS) is 43.9. The zero-order chi connectivity index (χ0) is 22.5.